The van der Waals surface area contributed by atoms with E-state index in [1.807, 2.05) is 32.9 Å². The van der Waals surface area contributed by atoms with E-state index in [0.29, 0.717) is 43.9 Å². The van der Waals surface area contributed by atoms with Gasteiger partial charge in [-0.3, -0.25) is 9.69 Å². The third-order valence-corrected chi connectivity index (χ3v) is 9.95. The normalized spacial score (nSPS) is 14.3. The van der Waals surface area contributed by atoms with Gasteiger partial charge in [0.1, 0.15) is 10.6 Å². The van der Waals surface area contributed by atoms with Crippen molar-refractivity contribution in [3.8, 4) is 0 Å². The Bertz CT molecular complexity index is 1590. The Labute approximate surface area is 289 Å². The van der Waals surface area contributed by atoms with E-state index < -0.39 is 20.7 Å². The molecule has 1 aromatic heterocycles. The molecule has 2 N–H and O–H groups in total. The van der Waals surface area contributed by atoms with E-state index in [4.69, 9.17) is 25.8 Å². The predicted octanol–water partition coefficient (Wildman–Crippen LogP) is 5.69. The molecule has 4 rings (SSSR count). The van der Waals surface area contributed by atoms with Crippen LogP contribution in [0.1, 0.15) is 41.0 Å². The number of rotatable bonds is 16. The third-order valence-electron chi connectivity index (χ3n) is 7.47. The fraction of sp³-hybridized carbons (Fsp3) is 0.500. The number of hydrogen-bond donors (Lipinski definition) is 2. The second-order valence-corrected chi connectivity index (χ2v) is 15.5. The van der Waals surface area contributed by atoms with E-state index in [1.165, 1.54) is 6.20 Å². The Balaban J connectivity index is 1.19. The van der Waals surface area contributed by atoms with Crippen molar-refractivity contribution in [2.75, 3.05) is 74.7 Å². The van der Waals surface area contributed by atoms with Crippen LogP contribution < -0.4 is 15.5 Å². The first-order chi connectivity index (χ1) is 22.8. The van der Waals surface area contributed by atoms with Crippen LogP contribution in [0.2, 0.25) is 5.02 Å². The van der Waals surface area contributed by atoms with Crippen LogP contribution in [0.3, 0.4) is 0 Å². The van der Waals surface area contributed by atoms with Gasteiger partial charge < -0.3 is 29.7 Å². The summed E-state index contributed by atoms with van der Waals surface area (Å²) in [5.74, 6) is 0.360. The lowest BCUT2D eigenvalue weighted by atomic mass is 10.2. The third kappa shape index (κ3) is 11.3. The summed E-state index contributed by atoms with van der Waals surface area (Å²) in [6.07, 6.45) is 1.71. The Hall–Kier alpha value is -3.49. The van der Waals surface area contributed by atoms with Gasteiger partial charge in [0.15, 0.2) is 15.7 Å². The number of hydrogen-bond acceptors (Lipinski definition) is 12. The van der Waals surface area contributed by atoms with Crippen molar-refractivity contribution in [1.82, 2.24) is 14.9 Å². The van der Waals surface area contributed by atoms with Crippen molar-refractivity contribution in [2.24, 2.45) is 0 Å². The van der Waals surface area contributed by atoms with E-state index in [2.05, 4.69) is 42.5 Å². The van der Waals surface area contributed by atoms with Crippen LogP contribution in [0.25, 0.3) is 0 Å². The van der Waals surface area contributed by atoms with Crippen LogP contribution in [-0.4, -0.2) is 99.3 Å². The number of nitrogens with zero attached hydrogens (tertiary/aromatic N) is 4. The molecule has 0 atom stereocenters. The second kappa shape index (κ2) is 17.3. The Kier molecular flexibility index (Phi) is 13.4. The molecule has 262 valence electrons. The standard InChI is InChI=1S/C34H47ClN6O6S/c1-25(2)48(43,44)30-9-7-6-8-29(30)38-32-28(35)24-36-33(39-32)37-26-10-12-27(13-11-26)41-17-15-40(16-18-41)19-21-46-23-22-45-20-14-31(42)47-34(3,4)5/h6-13,24-25H,14-23H2,1-5H3,(H2,36,37,38,39). The summed E-state index contributed by atoms with van der Waals surface area (Å²) >= 11 is 6.38. The van der Waals surface area contributed by atoms with E-state index in [0.717, 1.165) is 44.1 Å². The highest BCUT2D eigenvalue weighted by Gasteiger charge is 2.23. The molecule has 0 aliphatic carbocycles. The fourth-order valence-corrected chi connectivity index (χ4v) is 6.23. The monoisotopic (exact) mass is 702 g/mol. The second-order valence-electron chi connectivity index (χ2n) is 12.7. The Morgan fingerprint density at radius 1 is 0.938 bits per heavy atom. The number of para-hydroxylation sites is 1. The van der Waals surface area contributed by atoms with Crippen molar-refractivity contribution in [2.45, 2.75) is 56.8 Å². The van der Waals surface area contributed by atoms with Crippen LogP contribution >= 0.6 is 11.6 Å². The van der Waals surface area contributed by atoms with Crippen molar-refractivity contribution in [1.29, 1.82) is 0 Å². The molecule has 0 bridgehead atoms. The number of sulfone groups is 1. The van der Waals surface area contributed by atoms with Gasteiger partial charge in [0, 0.05) is 44.1 Å². The minimum absolute atomic E-state index is 0.185. The molecule has 3 aromatic rings. The highest BCUT2D eigenvalue weighted by molar-refractivity contribution is 7.92. The Morgan fingerprint density at radius 2 is 1.60 bits per heavy atom. The molecule has 0 radical (unpaired) electrons. The minimum atomic E-state index is -3.52. The zero-order valence-electron chi connectivity index (χ0n) is 28.4. The molecule has 48 heavy (non-hydrogen) atoms. The highest BCUT2D eigenvalue weighted by Crippen LogP contribution is 2.31. The van der Waals surface area contributed by atoms with Gasteiger partial charge in [0.05, 0.1) is 54.9 Å². The van der Waals surface area contributed by atoms with E-state index in [1.54, 1.807) is 38.1 Å². The van der Waals surface area contributed by atoms with Gasteiger partial charge >= 0.3 is 5.97 Å². The maximum atomic E-state index is 12.9. The molecule has 0 spiro atoms. The van der Waals surface area contributed by atoms with Crippen LogP contribution in [0.4, 0.5) is 28.8 Å². The predicted molar refractivity (Wildman–Crippen MR) is 190 cm³/mol. The number of ether oxygens (including phenoxy) is 3. The number of piperazine rings is 1. The summed E-state index contributed by atoms with van der Waals surface area (Å²) in [7, 11) is -3.52. The molecule has 1 fully saturated rings. The molecule has 12 nitrogen and oxygen atoms in total. The summed E-state index contributed by atoms with van der Waals surface area (Å²) in [4.78, 5) is 25.4. The van der Waals surface area contributed by atoms with Crippen LogP contribution in [-0.2, 0) is 28.8 Å². The van der Waals surface area contributed by atoms with Crippen LogP contribution in [0.15, 0.2) is 59.6 Å². The SMILES string of the molecule is CC(C)S(=O)(=O)c1ccccc1Nc1nc(Nc2ccc(N3CCN(CCOCCOCCC(=O)OC(C)(C)C)CC3)cc2)ncc1Cl. The average Bonchev–Trinajstić information content (AvgIpc) is 3.04. The maximum Gasteiger partial charge on any atom is 0.308 e. The number of benzene rings is 2. The van der Waals surface area contributed by atoms with E-state index in [-0.39, 0.29) is 22.3 Å². The van der Waals surface area contributed by atoms with Gasteiger partial charge in [0.25, 0.3) is 0 Å². The molecule has 2 aromatic carbocycles. The maximum absolute atomic E-state index is 12.9. The zero-order chi connectivity index (χ0) is 34.7. The highest BCUT2D eigenvalue weighted by atomic mass is 35.5. The first-order valence-corrected chi connectivity index (χ1v) is 18.1. The number of carbonyl (C=O) groups is 1. The van der Waals surface area contributed by atoms with Crippen LogP contribution in [0.5, 0.6) is 0 Å². The lowest BCUT2D eigenvalue weighted by molar-refractivity contribution is -0.156. The zero-order valence-corrected chi connectivity index (χ0v) is 29.9. The Morgan fingerprint density at radius 3 is 2.27 bits per heavy atom. The van der Waals surface area contributed by atoms with Gasteiger partial charge in [-0.15, -0.1) is 0 Å². The summed E-state index contributed by atoms with van der Waals surface area (Å²) in [6.45, 7) is 15.3. The topological polar surface area (TPSA) is 135 Å². The van der Waals surface area contributed by atoms with Crippen molar-refractivity contribution < 1.29 is 27.4 Å². The average molecular weight is 703 g/mol. The number of aromatic nitrogens is 2. The number of esters is 1. The van der Waals surface area contributed by atoms with Gasteiger partial charge in [0.2, 0.25) is 5.95 Å². The molecule has 1 saturated heterocycles. The van der Waals surface area contributed by atoms with E-state index >= 15 is 0 Å². The van der Waals surface area contributed by atoms with Gasteiger partial charge in [-0.05, 0) is 71.0 Å². The number of carbonyl (C=O) groups excluding carboxylic acids is 1. The van der Waals surface area contributed by atoms with Crippen molar-refractivity contribution in [3.05, 3.63) is 59.8 Å². The van der Waals surface area contributed by atoms with E-state index in [9.17, 15) is 13.2 Å². The molecular formula is C34H47ClN6O6S. The summed E-state index contributed by atoms with van der Waals surface area (Å²) in [6, 6.07) is 14.8. The van der Waals surface area contributed by atoms with Gasteiger partial charge in [-0.25, -0.2) is 13.4 Å². The minimum Gasteiger partial charge on any atom is -0.460 e. The van der Waals surface area contributed by atoms with Gasteiger partial charge in [-0.1, -0.05) is 23.7 Å². The van der Waals surface area contributed by atoms with Gasteiger partial charge in [-0.2, -0.15) is 4.98 Å². The molecule has 1 aliphatic rings. The smallest absolute Gasteiger partial charge is 0.308 e. The quantitative estimate of drug-likeness (QED) is 0.140. The summed E-state index contributed by atoms with van der Waals surface area (Å²) in [5, 5.41) is 5.97. The number of halogens is 1. The molecule has 0 amide bonds. The number of nitrogens with one attached hydrogen (secondary N) is 2. The largest absolute Gasteiger partial charge is 0.460 e. The van der Waals surface area contributed by atoms with Crippen LogP contribution in [0, 0.1) is 0 Å². The summed E-state index contributed by atoms with van der Waals surface area (Å²) < 4.78 is 42.2. The number of anilines is 5. The molecule has 2 heterocycles. The first kappa shape index (κ1) is 37.3. The molecule has 14 heteroatoms. The van der Waals surface area contributed by atoms with Crippen molar-refractivity contribution >= 4 is 56.2 Å². The molecule has 0 unspecified atom stereocenters. The molecular weight excluding hydrogens is 656 g/mol. The molecule has 0 saturated carbocycles. The lowest BCUT2D eigenvalue weighted by Gasteiger charge is -2.36. The van der Waals surface area contributed by atoms with Crippen molar-refractivity contribution in [3.63, 3.8) is 0 Å². The summed E-state index contributed by atoms with van der Waals surface area (Å²) in [5.41, 5.74) is 1.85. The fourth-order valence-electron chi connectivity index (χ4n) is 4.89. The molecule has 1 aliphatic heterocycles. The lowest BCUT2D eigenvalue weighted by Crippen LogP contribution is -2.47. The first-order valence-electron chi connectivity index (χ1n) is 16.2.